The van der Waals surface area contributed by atoms with Crippen LogP contribution in [-0.4, -0.2) is 31.3 Å². The standard InChI is InChI=1S/C13H12N4O2/c18-7-6-16-13(19)11-8-15-17(12(11)9-14-16)10-4-2-1-3-5-10/h1-5,8-9,18H,6-7H2. The first kappa shape index (κ1) is 11.6. The molecule has 0 unspecified atom stereocenters. The van der Waals surface area contributed by atoms with E-state index in [9.17, 15) is 4.79 Å². The third-order valence-corrected chi connectivity index (χ3v) is 2.90. The second-order valence-electron chi connectivity index (χ2n) is 4.09. The molecule has 1 aromatic carbocycles. The zero-order valence-corrected chi connectivity index (χ0v) is 10.1. The predicted molar refractivity (Wildman–Crippen MR) is 70.2 cm³/mol. The highest BCUT2D eigenvalue weighted by molar-refractivity contribution is 5.78. The monoisotopic (exact) mass is 256 g/mol. The topological polar surface area (TPSA) is 72.9 Å². The zero-order valence-electron chi connectivity index (χ0n) is 10.1. The van der Waals surface area contributed by atoms with E-state index < -0.39 is 0 Å². The molecule has 0 saturated heterocycles. The molecule has 2 aromatic heterocycles. The molecule has 6 heteroatoms. The van der Waals surface area contributed by atoms with Crippen LogP contribution in [0, 0.1) is 0 Å². The molecular weight excluding hydrogens is 244 g/mol. The average Bonchev–Trinajstić information content (AvgIpc) is 2.88. The maximum absolute atomic E-state index is 12.1. The molecule has 6 nitrogen and oxygen atoms in total. The van der Waals surface area contributed by atoms with Crippen molar-refractivity contribution in [2.24, 2.45) is 0 Å². The number of rotatable bonds is 3. The molecule has 0 aliphatic heterocycles. The smallest absolute Gasteiger partial charge is 0.277 e. The number of aliphatic hydroxyl groups is 1. The fourth-order valence-electron chi connectivity index (χ4n) is 1.99. The summed E-state index contributed by atoms with van der Waals surface area (Å²) < 4.78 is 2.91. The molecule has 0 amide bonds. The van der Waals surface area contributed by atoms with Gasteiger partial charge in [-0.15, -0.1) is 0 Å². The SMILES string of the molecule is O=c1c2cnn(-c3ccccc3)c2cnn1CCO. The minimum Gasteiger partial charge on any atom is -0.394 e. The van der Waals surface area contributed by atoms with Crippen LogP contribution in [0.15, 0.2) is 47.5 Å². The third kappa shape index (κ3) is 1.92. The summed E-state index contributed by atoms with van der Waals surface area (Å²) in [5.41, 5.74) is 1.29. The number of para-hydroxylation sites is 1. The minimum atomic E-state index is -0.242. The summed E-state index contributed by atoms with van der Waals surface area (Å²) in [5, 5.41) is 17.6. The van der Waals surface area contributed by atoms with Crippen LogP contribution in [0.4, 0.5) is 0 Å². The highest BCUT2D eigenvalue weighted by Crippen LogP contribution is 2.13. The molecule has 96 valence electrons. The molecule has 0 aliphatic carbocycles. The fraction of sp³-hybridized carbons (Fsp3) is 0.154. The first-order valence-electron chi connectivity index (χ1n) is 5.91. The fourth-order valence-corrected chi connectivity index (χ4v) is 1.99. The van der Waals surface area contributed by atoms with Gasteiger partial charge in [-0.05, 0) is 12.1 Å². The van der Waals surface area contributed by atoms with E-state index in [1.165, 1.54) is 10.9 Å². The summed E-state index contributed by atoms with van der Waals surface area (Å²) in [6.45, 7) is 0.0660. The Balaban J connectivity index is 2.21. The largest absolute Gasteiger partial charge is 0.394 e. The minimum absolute atomic E-state index is 0.120. The first-order valence-corrected chi connectivity index (χ1v) is 5.91. The van der Waals surface area contributed by atoms with E-state index in [0.717, 1.165) is 5.69 Å². The van der Waals surface area contributed by atoms with E-state index in [2.05, 4.69) is 10.2 Å². The Kier molecular flexibility index (Phi) is 2.85. The summed E-state index contributed by atoms with van der Waals surface area (Å²) in [5.74, 6) is 0. The van der Waals surface area contributed by atoms with Crippen molar-refractivity contribution < 1.29 is 5.11 Å². The third-order valence-electron chi connectivity index (χ3n) is 2.90. The Hall–Kier alpha value is -2.47. The van der Waals surface area contributed by atoms with E-state index in [1.54, 1.807) is 10.9 Å². The van der Waals surface area contributed by atoms with Gasteiger partial charge in [0.05, 0.1) is 42.1 Å². The van der Waals surface area contributed by atoms with Gasteiger partial charge in [0, 0.05) is 0 Å². The van der Waals surface area contributed by atoms with Gasteiger partial charge >= 0.3 is 0 Å². The van der Waals surface area contributed by atoms with E-state index in [0.29, 0.717) is 10.9 Å². The van der Waals surface area contributed by atoms with Gasteiger partial charge in [-0.2, -0.15) is 10.2 Å². The van der Waals surface area contributed by atoms with Gasteiger partial charge in [-0.1, -0.05) is 18.2 Å². The van der Waals surface area contributed by atoms with Gasteiger partial charge < -0.3 is 5.11 Å². The lowest BCUT2D eigenvalue weighted by Crippen LogP contribution is -2.24. The Morgan fingerprint density at radius 2 is 1.89 bits per heavy atom. The average molecular weight is 256 g/mol. The van der Waals surface area contributed by atoms with Crippen LogP contribution < -0.4 is 5.56 Å². The predicted octanol–water partition coefficient (Wildman–Crippen LogP) is 0.574. The Morgan fingerprint density at radius 1 is 1.11 bits per heavy atom. The highest BCUT2D eigenvalue weighted by atomic mass is 16.3. The van der Waals surface area contributed by atoms with Crippen molar-refractivity contribution in [3.63, 3.8) is 0 Å². The summed E-state index contributed by atoms with van der Waals surface area (Å²) in [6.07, 6.45) is 3.12. The number of aromatic nitrogens is 4. The van der Waals surface area contributed by atoms with E-state index in [4.69, 9.17) is 5.11 Å². The van der Waals surface area contributed by atoms with Crippen LogP contribution in [0.5, 0.6) is 0 Å². The Bertz CT molecular complexity index is 761. The van der Waals surface area contributed by atoms with Gasteiger partial charge in [-0.25, -0.2) is 9.36 Å². The van der Waals surface area contributed by atoms with Crippen LogP contribution in [-0.2, 0) is 6.54 Å². The highest BCUT2D eigenvalue weighted by Gasteiger charge is 2.10. The van der Waals surface area contributed by atoms with Crippen molar-refractivity contribution in [3.05, 3.63) is 53.1 Å². The molecule has 0 fully saturated rings. The molecule has 0 aliphatic rings. The van der Waals surface area contributed by atoms with Gasteiger partial charge in [0.25, 0.3) is 5.56 Å². The molecule has 19 heavy (non-hydrogen) atoms. The summed E-state index contributed by atoms with van der Waals surface area (Å²) in [6, 6.07) is 9.55. The molecule has 0 spiro atoms. The molecule has 0 radical (unpaired) electrons. The molecule has 0 atom stereocenters. The molecule has 3 aromatic rings. The second kappa shape index (κ2) is 4.66. The molecule has 1 N–H and O–H groups in total. The number of hydrogen-bond acceptors (Lipinski definition) is 4. The van der Waals surface area contributed by atoms with Gasteiger partial charge in [0.15, 0.2) is 0 Å². The number of benzene rings is 1. The molecule has 2 heterocycles. The van der Waals surface area contributed by atoms with Crippen LogP contribution in [0.3, 0.4) is 0 Å². The zero-order chi connectivity index (χ0) is 13.2. The Morgan fingerprint density at radius 3 is 2.63 bits per heavy atom. The van der Waals surface area contributed by atoms with Crippen molar-refractivity contribution in [1.82, 2.24) is 19.6 Å². The van der Waals surface area contributed by atoms with Gasteiger partial charge in [-0.3, -0.25) is 4.79 Å². The Labute approximate surface area is 108 Å². The van der Waals surface area contributed by atoms with Gasteiger partial charge in [0.2, 0.25) is 0 Å². The maximum atomic E-state index is 12.1. The van der Waals surface area contributed by atoms with Crippen LogP contribution >= 0.6 is 0 Å². The molecule has 0 bridgehead atoms. The maximum Gasteiger partial charge on any atom is 0.277 e. The lowest BCUT2D eigenvalue weighted by molar-refractivity contribution is 0.266. The van der Waals surface area contributed by atoms with Crippen molar-refractivity contribution in [1.29, 1.82) is 0 Å². The lowest BCUT2D eigenvalue weighted by Gasteiger charge is -2.04. The van der Waals surface area contributed by atoms with Crippen LogP contribution in [0.25, 0.3) is 16.6 Å². The van der Waals surface area contributed by atoms with Crippen LogP contribution in [0.1, 0.15) is 0 Å². The molecule has 3 rings (SSSR count). The van der Waals surface area contributed by atoms with Gasteiger partial charge in [0.1, 0.15) is 0 Å². The first-order chi connectivity index (χ1) is 9.31. The lowest BCUT2D eigenvalue weighted by atomic mass is 10.3. The van der Waals surface area contributed by atoms with E-state index in [1.807, 2.05) is 30.3 Å². The van der Waals surface area contributed by atoms with Crippen molar-refractivity contribution in [2.75, 3.05) is 6.61 Å². The van der Waals surface area contributed by atoms with E-state index >= 15 is 0 Å². The molecule has 0 saturated carbocycles. The van der Waals surface area contributed by atoms with E-state index in [-0.39, 0.29) is 18.7 Å². The van der Waals surface area contributed by atoms with Crippen LogP contribution in [0.2, 0.25) is 0 Å². The van der Waals surface area contributed by atoms with Crippen molar-refractivity contribution >= 4 is 10.9 Å². The summed E-state index contributed by atoms with van der Waals surface area (Å²) >= 11 is 0. The number of fused-ring (bicyclic) bond motifs is 1. The number of hydrogen-bond donors (Lipinski definition) is 1. The normalized spacial score (nSPS) is 11.0. The van der Waals surface area contributed by atoms with Crippen molar-refractivity contribution in [2.45, 2.75) is 6.54 Å². The number of aliphatic hydroxyl groups excluding tert-OH is 1. The summed E-state index contributed by atoms with van der Waals surface area (Å²) in [7, 11) is 0. The quantitative estimate of drug-likeness (QED) is 0.743. The summed E-state index contributed by atoms with van der Waals surface area (Å²) in [4.78, 5) is 12.1. The van der Waals surface area contributed by atoms with Crippen molar-refractivity contribution in [3.8, 4) is 5.69 Å². The second-order valence-corrected chi connectivity index (χ2v) is 4.09. The number of nitrogens with zero attached hydrogens (tertiary/aromatic N) is 4. The molecular formula is C13H12N4O2.